The van der Waals surface area contributed by atoms with Crippen molar-refractivity contribution in [3.05, 3.63) is 23.8 Å². The van der Waals surface area contributed by atoms with Gasteiger partial charge in [-0.05, 0) is 37.0 Å². The number of methoxy groups -OCH3 is 1. The van der Waals surface area contributed by atoms with E-state index < -0.39 is 0 Å². The second-order valence-electron chi connectivity index (χ2n) is 6.58. The highest BCUT2D eigenvalue weighted by molar-refractivity contribution is 5.97. The molecule has 2 unspecified atom stereocenters. The molecule has 1 aliphatic carbocycles. The van der Waals surface area contributed by atoms with Gasteiger partial charge in [0.25, 0.3) is 5.91 Å². The van der Waals surface area contributed by atoms with Crippen molar-refractivity contribution < 1.29 is 14.3 Å². The number of ether oxygens (including phenoxy) is 1. The number of carbonyl (C=O) groups excluding carboxylic acids is 2. The Labute approximate surface area is 143 Å². The van der Waals surface area contributed by atoms with Crippen LogP contribution in [0.25, 0.3) is 0 Å². The van der Waals surface area contributed by atoms with Gasteiger partial charge in [-0.25, -0.2) is 4.79 Å². The molecular weight excluding hydrogens is 306 g/mol. The number of amides is 3. The standard InChI is InChI=1S/C18H27N3O3/c1-12-7-5-6-8-14(12)19-18(23)20-15-11-13(17(22)21(2)3)9-10-16(15)24-4/h9-12,14H,5-8H2,1-4H3,(H2,19,20,23). The van der Waals surface area contributed by atoms with Crippen LogP contribution in [-0.2, 0) is 0 Å². The summed E-state index contributed by atoms with van der Waals surface area (Å²) in [7, 11) is 4.92. The van der Waals surface area contributed by atoms with Gasteiger partial charge in [-0.15, -0.1) is 0 Å². The van der Waals surface area contributed by atoms with Gasteiger partial charge < -0.3 is 20.3 Å². The molecule has 0 spiro atoms. The third-order valence-corrected chi connectivity index (χ3v) is 4.53. The summed E-state index contributed by atoms with van der Waals surface area (Å²) >= 11 is 0. The van der Waals surface area contributed by atoms with Crippen LogP contribution in [0.5, 0.6) is 5.75 Å². The first kappa shape index (κ1) is 18.1. The smallest absolute Gasteiger partial charge is 0.319 e. The van der Waals surface area contributed by atoms with E-state index in [1.807, 2.05) is 0 Å². The van der Waals surface area contributed by atoms with Gasteiger partial charge in [0.1, 0.15) is 5.75 Å². The second kappa shape index (κ2) is 8.04. The van der Waals surface area contributed by atoms with Gasteiger partial charge in [0.05, 0.1) is 12.8 Å². The highest BCUT2D eigenvalue weighted by Gasteiger charge is 2.23. The summed E-state index contributed by atoms with van der Waals surface area (Å²) in [6.07, 6.45) is 4.51. The van der Waals surface area contributed by atoms with Crippen LogP contribution in [0.4, 0.5) is 10.5 Å². The molecule has 6 heteroatoms. The van der Waals surface area contributed by atoms with E-state index in [-0.39, 0.29) is 18.0 Å². The Balaban J connectivity index is 2.10. The van der Waals surface area contributed by atoms with E-state index >= 15 is 0 Å². The molecule has 0 saturated heterocycles. The van der Waals surface area contributed by atoms with E-state index in [9.17, 15) is 9.59 Å². The molecule has 1 saturated carbocycles. The Morgan fingerprint density at radius 1 is 1.21 bits per heavy atom. The summed E-state index contributed by atoms with van der Waals surface area (Å²) in [6.45, 7) is 2.17. The fourth-order valence-corrected chi connectivity index (χ4v) is 3.05. The molecular formula is C18H27N3O3. The third-order valence-electron chi connectivity index (χ3n) is 4.53. The summed E-state index contributed by atoms with van der Waals surface area (Å²) in [5, 5.41) is 5.86. The third kappa shape index (κ3) is 4.40. The van der Waals surface area contributed by atoms with E-state index in [0.717, 1.165) is 19.3 Å². The quantitative estimate of drug-likeness (QED) is 0.889. The normalized spacial score (nSPS) is 20.2. The van der Waals surface area contributed by atoms with Crippen molar-refractivity contribution >= 4 is 17.6 Å². The molecule has 2 rings (SSSR count). The van der Waals surface area contributed by atoms with Crippen LogP contribution < -0.4 is 15.4 Å². The monoisotopic (exact) mass is 333 g/mol. The zero-order chi connectivity index (χ0) is 17.7. The summed E-state index contributed by atoms with van der Waals surface area (Å²) in [4.78, 5) is 25.9. The molecule has 2 atom stereocenters. The number of hydrogen-bond acceptors (Lipinski definition) is 3. The maximum Gasteiger partial charge on any atom is 0.319 e. The topological polar surface area (TPSA) is 70.7 Å². The SMILES string of the molecule is COc1ccc(C(=O)N(C)C)cc1NC(=O)NC1CCCCC1C. The van der Waals surface area contributed by atoms with Crippen molar-refractivity contribution in [2.24, 2.45) is 5.92 Å². The summed E-state index contributed by atoms with van der Waals surface area (Å²) < 4.78 is 5.29. The maximum atomic E-state index is 12.3. The largest absolute Gasteiger partial charge is 0.495 e. The van der Waals surface area contributed by atoms with Crippen molar-refractivity contribution in [1.82, 2.24) is 10.2 Å². The number of carbonyl (C=O) groups is 2. The van der Waals surface area contributed by atoms with Gasteiger partial charge in [0.2, 0.25) is 0 Å². The number of rotatable bonds is 4. The second-order valence-corrected chi connectivity index (χ2v) is 6.58. The molecule has 0 aromatic heterocycles. The van der Waals surface area contributed by atoms with Gasteiger partial charge in [-0.3, -0.25) is 4.79 Å². The minimum Gasteiger partial charge on any atom is -0.495 e. The fraction of sp³-hybridized carbons (Fsp3) is 0.556. The van der Waals surface area contributed by atoms with Gasteiger partial charge in [-0.1, -0.05) is 19.8 Å². The Morgan fingerprint density at radius 2 is 1.92 bits per heavy atom. The number of anilines is 1. The summed E-state index contributed by atoms with van der Waals surface area (Å²) in [5.74, 6) is 0.882. The van der Waals surface area contributed by atoms with Crippen LogP contribution >= 0.6 is 0 Å². The minimum absolute atomic E-state index is 0.123. The number of benzene rings is 1. The molecule has 6 nitrogen and oxygen atoms in total. The molecule has 132 valence electrons. The average molecular weight is 333 g/mol. The van der Waals surface area contributed by atoms with Crippen LogP contribution in [0.2, 0.25) is 0 Å². The summed E-state index contributed by atoms with van der Waals surface area (Å²) in [6, 6.07) is 4.95. The fourth-order valence-electron chi connectivity index (χ4n) is 3.05. The average Bonchev–Trinajstić information content (AvgIpc) is 2.56. The molecule has 0 radical (unpaired) electrons. The maximum absolute atomic E-state index is 12.3. The van der Waals surface area contributed by atoms with Gasteiger partial charge >= 0.3 is 6.03 Å². The molecule has 0 heterocycles. The first-order valence-electron chi connectivity index (χ1n) is 8.39. The highest BCUT2D eigenvalue weighted by atomic mass is 16.5. The van der Waals surface area contributed by atoms with Gasteiger partial charge in [-0.2, -0.15) is 0 Å². The number of urea groups is 1. The molecule has 1 aromatic rings. The van der Waals surface area contributed by atoms with E-state index in [1.54, 1.807) is 32.3 Å². The predicted octanol–water partition coefficient (Wildman–Crippen LogP) is 3.10. The molecule has 1 aromatic carbocycles. The van der Waals surface area contributed by atoms with Crippen LogP contribution in [0.3, 0.4) is 0 Å². The Bertz CT molecular complexity index is 601. The van der Waals surface area contributed by atoms with E-state index in [0.29, 0.717) is 22.9 Å². The van der Waals surface area contributed by atoms with Crippen LogP contribution in [0.15, 0.2) is 18.2 Å². The lowest BCUT2D eigenvalue weighted by molar-refractivity contribution is 0.0827. The first-order valence-corrected chi connectivity index (χ1v) is 8.39. The van der Waals surface area contributed by atoms with Crippen LogP contribution in [0, 0.1) is 5.92 Å². The lowest BCUT2D eigenvalue weighted by atomic mass is 9.86. The molecule has 1 fully saturated rings. The first-order chi connectivity index (χ1) is 11.4. The molecule has 2 N–H and O–H groups in total. The zero-order valence-electron chi connectivity index (χ0n) is 14.9. The molecule has 0 bridgehead atoms. The molecule has 24 heavy (non-hydrogen) atoms. The number of nitrogens with zero attached hydrogens (tertiary/aromatic N) is 1. The van der Waals surface area contributed by atoms with Crippen molar-refractivity contribution in [2.75, 3.05) is 26.5 Å². The van der Waals surface area contributed by atoms with E-state index in [4.69, 9.17) is 4.74 Å². The Morgan fingerprint density at radius 3 is 2.54 bits per heavy atom. The molecule has 3 amide bonds. The van der Waals surface area contributed by atoms with Crippen LogP contribution in [-0.4, -0.2) is 44.1 Å². The summed E-state index contributed by atoms with van der Waals surface area (Å²) in [5.41, 5.74) is 0.994. The minimum atomic E-state index is -0.262. The number of hydrogen-bond donors (Lipinski definition) is 2. The van der Waals surface area contributed by atoms with Crippen LogP contribution in [0.1, 0.15) is 43.0 Å². The van der Waals surface area contributed by atoms with Gasteiger partial charge in [0.15, 0.2) is 0 Å². The molecule has 0 aliphatic heterocycles. The lowest BCUT2D eigenvalue weighted by Crippen LogP contribution is -2.43. The lowest BCUT2D eigenvalue weighted by Gasteiger charge is -2.29. The van der Waals surface area contributed by atoms with Crippen molar-refractivity contribution in [3.63, 3.8) is 0 Å². The zero-order valence-corrected chi connectivity index (χ0v) is 14.9. The van der Waals surface area contributed by atoms with Crippen molar-refractivity contribution in [1.29, 1.82) is 0 Å². The Kier molecular flexibility index (Phi) is 6.06. The Hall–Kier alpha value is -2.24. The molecule has 1 aliphatic rings. The predicted molar refractivity (Wildman–Crippen MR) is 94.6 cm³/mol. The highest BCUT2D eigenvalue weighted by Crippen LogP contribution is 2.27. The number of nitrogens with one attached hydrogen (secondary N) is 2. The van der Waals surface area contributed by atoms with E-state index in [1.165, 1.54) is 18.4 Å². The van der Waals surface area contributed by atoms with Crippen molar-refractivity contribution in [3.8, 4) is 5.75 Å². The van der Waals surface area contributed by atoms with E-state index in [2.05, 4.69) is 17.6 Å². The van der Waals surface area contributed by atoms with Crippen molar-refractivity contribution in [2.45, 2.75) is 38.6 Å². The van der Waals surface area contributed by atoms with Gasteiger partial charge in [0, 0.05) is 25.7 Å².